The molecule has 21 heavy (non-hydrogen) atoms. The number of nitrogens with zero attached hydrogens (tertiary/aromatic N) is 2. The molecule has 7 heteroatoms. The average molecular weight is 291 g/mol. The third kappa shape index (κ3) is 3.43. The minimum Gasteiger partial charge on any atom is -0.393 e. The molecule has 0 aliphatic heterocycles. The van der Waals surface area contributed by atoms with Crippen molar-refractivity contribution in [3.63, 3.8) is 0 Å². The molecule has 0 aliphatic rings. The van der Waals surface area contributed by atoms with Gasteiger partial charge in [0.1, 0.15) is 0 Å². The number of hydrogen-bond donors (Lipinski definition) is 2. The molecule has 0 aliphatic carbocycles. The number of rotatable bonds is 5. The molecule has 0 radical (unpaired) electrons. The number of nitrogens with one attached hydrogen (secondary N) is 1. The molecule has 0 saturated heterocycles. The van der Waals surface area contributed by atoms with Crippen LogP contribution in [0.5, 0.6) is 0 Å². The van der Waals surface area contributed by atoms with Crippen molar-refractivity contribution in [2.45, 2.75) is 32.8 Å². The van der Waals surface area contributed by atoms with Crippen LogP contribution in [0.1, 0.15) is 25.8 Å². The molecule has 0 spiro atoms. The Morgan fingerprint density at radius 3 is 2.76 bits per heavy atom. The van der Waals surface area contributed by atoms with Gasteiger partial charge in [-0.1, -0.05) is 13.8 Å². The Kier molecular flexibility index (Phi) is 4.32. The zero-order valence-corrected chi connectivity index (χ0v) is 11.9. The molecule has 2 N–H and O–H groups in total. The van der Waals surface area contributed by atoms with Gasteiger partial charge in [0.2, 0.25) is 0 Å². The van der Waals surface area contributed by atoms with Gasteiger partial charge in [-0.05, 0) is 18.4 Å². The maximum absolute atomic E-state index is 11.7. The molecule has 1 unspecified atom stereocenters. The monoisotopic (exact) mass is 291 g/mol. The lowest BCUT2D eigenvalue weighted by Crippen LogP contribution is -2.15. The number of aliphatic hydroxyl groups excluding tert-OH is 1. The summed E-state index contributed by atoms with van der Waals surface area (Å²) in [5, 5.41) is 21.3. The summed E-state index contributed by atoms with van der Waals surface area (Å²) in [7, 11) is 0. The highest BCUT2D eigenvalue weighted by Crippen LogP contribution is 2.25. The molecule has 0 fully saturated rings. The molecule has 0 bridgehead atoms. The normalized spacial score (nSPS) is 12.8. The summed E-state index contributed by atoms with van der Waals surface area (Å²) >= 11 is 0. The molecular formula is C14H17N3O4. The van der Waals surface area contributed by atoms with Gasteiger partial charge in [0.05, 0.1) is 28.3 Å². The van der Waals surface area contributed by atoms with Crippen LogP contribution in [0.3, 0.4) is 0 Å². The summed E-state index contributed by atoms with van der Waals surface area (Å²) in [5.74, 6) is 0.292. The predicted octanol–water partition coefficient (Wildman–Crippen LogP) is 1.78. The fourth-order valence-corrected chi connectivity index (χ4v) is 2.36. The van der Waals surface area contributed by atoms with Crippen LogP contribution in [0.25, 0.3) is 10.9 Å². The Hall–Kier alpha value is -2.28. The molecule has 112 valence electrons. The number of aromatic amines is 1. The Morgan fingerprint density at radius 1 is 1.43 bits per heavy atom. The molecule has 0 amide bonds. The zero-order chi connectivity index (χ0) is 15.6. The number of fused-ring (bicyclic) bond motifs is 1. The van der Waals surface area contributed by atoms with Crippen molar-refractivity contribution in [2.24, 2.45) is 5.92 Å². The third-order valence-corrected chi connectivity index (χ3v) is 3.24. The molecule has 1 aromatic heterocycles. The van der Waals surface area contributed by atoms with E-state index in [4.69, 9.17) is 0 Å². The molecule has 0 saturated carbocycles. The summed E-state index contributed by atoms with van der Waals surface area (Å²) in [6.45, 7) is 3.94. The van der Waals surface area contributed by atoms with Crippen LogP contribution in [0, 0.1) is 16.0 Å². The standard InChI is InChI=1S/C14H17N3O4/c1-8(2)3-10(18)4-9-5-12-11(6-13(9)17(20)21)14(19)16-7-15-12/h5-8,10,18H,3-4H2,1-2H3,(H,15,16,19). The van der Waals surface area contributed by atoms with E-state index in [2.05, 4.69) is 9.97 Å². The first-order valence-electron chi connectivity index (χ1n) is 6.71. The van der Waals surface area contributed by atoms with Crippen LogP contribution in [0.2, 0.25) is 0 Å². The number of H-pyrrole nitrogens is 1. The van der Waals surface area contributed by atoms with Crippen molar-refractivity contribution >= 4 is 16.6 Å². The predicted molar refractivity (Wildman–Crippen MR) is 78.2 cm³/mol. The molecule has 2 aromatic rings. The van der Waals surface area contributed by atoms with E-state index >= 15 is 0 Å². The SMILES string of the molecule is CC(C)CC(O)Cc1cc2nc[nH]c(=O)c2cc1[N+](=O)[O-]. The van der Waals surface area contributed by atoms with Gasteiger partial charge in [-0.3, -0.25) is 14.9 Å². The largest absolute Gasteiger partial charge is 0.393 e. The number of aromatic nitrogens is 2. The van der Waals surface area contributed by atoms with Crippen molar-refractivity contribution in [1.29, 1.82) is 0 Å². The summed E-state index contributed by atoms with van der Waals surface area (Å²) in [4.78, 5) is 28.7. The second-order valence-corrected chi connectivity index (χ2v) is 5.47. The smallest absolute Gasteiger partial charge is 0.273 e. The summed E-state index contributed by atoms with van der Waals surface area (Å²) in [6, 6.07) is 2.73. The number of hydrogen-bond acceptors (Lipinski definition) is 5. The Labute approximate surface area is 120 Å². The number of benzene rings is 1. The van der Waals surface area contributed by atoms with Crippen LogP contribution in [0.15, 0.2) is 23.3 Å². The van der Waals surface area contributed by atoms with Gasteiger partial charge in [-0.15, -0.1) is 0 Å². The summed E-state index contributed by atoms with van der Waals surface area (Å²) in [5.41, 5.74) is 0.191. The lowest BCUT2D eigenvalue weighted by atomic mass is 9.98. The summed E-state index contributed by atoms with van der Waals surface area (Å²) < 4.78 is 0. The summed E-state index contributed by atoms with van der Waals surface area (Å²) in [6.07, 6.45) is 1.31. The topological polar surface area (TPSA) is 109 Å². The molecule has 1 heterocycles. The maximum Gasteiger partial charge on any atom is 0.273 e. The van der Waals surface area contributed by atoms with Gasteiger partial charge < -0.3 is 10.1 Å². The van der Waals surface area contributed by atoms with Crippen LogP contribution in [0.4, 0.5) is 5.69 Å². The Morgan fingerprint density at radius 2 is 2.14 bits per heavy atom. The fourth-order valence-electron chi connectivity index (χ4n) is 2.36. The van der Waals surface area contributed by atoms with Gasteiger partial charge in [-0.2, -0.15) is 0 Å². The van der Waals surface area contributed by atoms with E-state index in [9.17, 15) is 20.0 Å². The molecule has 7 nitrogen and oxygen atoms in total. The van der Waals surface area contributed by atoms with Gasteiger partial charge in [0.15, 0.2) is 0 Å². The number of nitro groups is 1. The van der Waals surface area contributed by atoms with E-state index in [1.807, 2.05) is 13.8 Å². The van der Waals surface area contributed by atoms with Gasteiger partial charge >= 0.3 is 0 Å². The molecule has 1 aromatic carbocycles. The van der Waals surface area contributed by atoms with Gasteiger partial charge in [0, 0.05) is 18.1 Å². The molecule has 2 rings (SSSR count). The second-order valence-electron chi connectivity index (χ2n) is 5.47. The van der Waals surface area contributed by atoms with E-state index in [0.717, 1.165) is 0 Å². The quantitative estimate of drug-likeness (QED) is 0.644. The third-order valence-electron chi connectivity index (χ3n) is 3.24. The fraction of sp³-hybridized carbons (Fsp3) is 0.429. The van der Waals surface area contributed by atoms with E-state index < -0.39 is 16.6 Å². The lowest BCUT2D eigenvalue weighted by molar-refractivity contribution is -0.385. The van der Waals surface area contributed by atoms with Crippen LogP contribution in [-0.4, -0.2) is 26.1 Å². The van der Waals surface area contributed by atoms with Crippen molar-refractivity contribution in [3.05, 3.63) is 44.5 Å². The van der Waals surface area contributed by atoms with Crippen LogP contribution in [-0.2, 0) is 6.42 Å². The minimum absolute atomic E-state index is 0.163. The average Bonchev–Trinajstić information content (AvgIpc) is 2.37. The highest BCUT2D eigenvalue weighted by molar-refractivity contribution is 5.81. The van der Waals surface area contributed by atoms with Crippen molar-refractivity contribution < 1.29 is 10.0 Å². The van der Waals surface area contributed by atoms with Gasteiger partial charge in [-0.25, -0.2) is 4.98 Å². The highest BCUT2D eigenvalue weighted by atomic mass is 16.6. The second kappa shape index (κ2) is 6.01. The maximum atomic E-state index is 11.7. The van der Waals surface area contributed by atoms with Crippen molar-refractivity contribution in [1.82, 2.24) is 9.97 Å². The van der Waals surface area contributed by atoms with E-state index in [-0.39, 0.29) is 17.5 Å². The van der Waals surface area contributed by atoms with Crippen molar-refractivity contribution in [2.75, 3.05) is 0 Å². The van der Waals surface area contributed by atoms with E-state index in [0.29, 0.717) is 23.4 Å². The number of aliphatic hydroxyl groups is 1. The van der Waals surface area contributed by atoms with E-state index in [1.165, 1.54) is 18.5 Å². The first kappa shape index (κ1) is 15.1. The first-order chi connectivity index (χ1) is 9.88. The highest BCUT2D eigenvalue weighted by Gasteiger charge is 2.20. The Bertz CT molecular complexity index is 724. The van der Waals surface area contributed by atoms with Crippen molar-refractivity contribution in [3.8, 4) is 0 Å². The first-order valence-corrected chi connectivity index (χ1v) is 6.71. The number of nitro benzene ring substituents is 1. The van der Waals surface area contributed by atoms with Crippen LogP contribution >= 0.6 is 0 Å². The Balaban J connectivity index is 2.48. The van der Waals surface area contributed by atoms with Gasteiger partial charge in [0.25, 0.3) is 11.2 Å². The lowest BCUT2D eigenvalue weighted by Gasteiger charge is -2.13. The minimum atomic E-state index is -0.664. The van der Waals surface area contributed by atoms with E-state index in [1.54, 1.807) is 0 Å². The molecule has 1 atom stereocenters. The molecular weight excluding hydrogens is 274 g/mol. The zero-order valence-electron chi connectivity index (χ0n) is 11.9. The van der Waals surface area contributed by atoms with Crippen LogP contribution < -0.4 is 5.56 Å².